The van der Waals surface area contributed by atoms with E-state index in [1.54, 1.807) is 42.6 Å². The number of aromatic nitrogens is 4. The molecule has 2 aromatic carbocycles. The molecule has 13 heteroatoms. The average molecular weight is 714 g/mol. The van der Waals surface area contributed by atoms with Gasteiger partial charge in [-0.1, -0.05) is 45.0 Å². The molecule has 1 atom stereocenters. The number of fused-ring (bicyclic) bond motifs is 4. The van der Waals surface area contributed by atoms with E-state index >= 15 is 0 Å². The van der Waals surface area contributed by atoms with Crippen molar-refractivity contribution in [1.82, 2.24) is 24.8 Å². The van der Waals surface area contributed by atoms with E-state index in [-0.39, 0.29) is 52.2 Å². The van der Waals surface area contributed by atoms with E-state index in [0.717, 1.165) is 36.1 Å². The highest BCUT2D eigenvalue weighted by Crippen LogP contribution is 2.46. The molecule has 12 nitrogen and oxygen atoms in total. The summed E-state index contributed by atoms with van der Waals surface area (Å²) in [6, 6.07) is 13.2. The third-order valence-electron chi connectivity index (χ3n) is 9.41. The monoisotopic (exact) mass is 713 g/mol. The molecule has 0 spiro atoms. The molecule has 4 bridgehead atoms. The number of carbonyl (C=O) groups is 1. The molecular formula is C38H47N7O5S. The van der Waals surface area contributed by atoms with Crippen LogP contribution in [-0.2, 0) is 21.3 Å². The van der Waals surface area contributed by atoms with Gasteiger partial charge in [0.05, 0.1) is 47.9 Å². The number of ether oxygens (including phenoxy) is 2. The molecular weight excluding hydrogens is 667 g/mol. The molecule has 3 heterocycles. The molecule has 270 valence electrons. The topological polar surface area (TPSA) is 140 Å². The Labute approximate surface area is 300 Å². The number of aryl methyl sites for hydroxylation is 2. The van der Waals surface area contributed by atoms with Crippen LogP contribution < -0.4 is 14.4 Å². The average Bonchev–Trinajstić information content (AvgIpc) is 3.83. The molecule has 4 aromatic rings. The van der Waals surface area contributed by atoms with E-state index in [1.165, 1.54) is 12.1 Å². The molecule has 51 heavy (non-hydrogen) atoms. The summed E-state index contributed by atoms with van der Waals surface area (Å²) in [5.41, 5.74) is 4.05. The molecule has 1 aliphatic carbocycles. The normalized spacial score (nSPS) is 18.1. The second-order valence-electron chi connectivity index (χ2n) is 15.1. The Morgan fingerprint density at radius 2 is 1.76 bits per heavy atom. The molecule has 6 rings (SSSR count). The zero-order chi connectivity index (χ0) is 36.6. The van der Waals surface area contributed by atoms with Gasteiger partial charge < -0.3 is 19.3 Å². The van der Waals surface area contributed by atoms with Gasteiger partial charge in [-0.2, -0.15) is 4.98 Å². The fraction of sp³-hybridized carbons (Fsp3) is 0.447. The summed E-state index contributed by atoms with van der Waals surface area (Å²) >= 11 is 0. The fourth-order valence-electron chi connectivity index (χ4n) is 6.79. The fourth-order valence-corrected chi connectivity index (χ4v) is 7.78. The molecule has 1 fully saturated rings. The molecule has 0 unspecified atom stereocenters. The largest absolute Gasteiger partial charge is 0.475 e. The Hall–Kier alpha value is -4.62. The Bertz CT molecular complexity index is 2010. The quantitative estimate of drug-likeness (QED) is 0.218. The number of amides is 1. The number of sulfonamides is 1. The SMILES string of the molecule is COCC1(CN(C)c2cncc(CN3C(=O)c4cccc(c4)S(=O)(=O)Nc4nc(cc(-c5c(C)cccc5C)n4)OC[C@H]3CC(C)(C)C)n2)CC1. The zero-order valence-corrected chi connectivity index (χ0v) is 31.2. The van der Waals surface area contributed by atoms with Crippen LogP contribution in [0.4, 0.5) is 11.8 Å². The number of carbonyl (C=O) groups excluding carboxylic acids is 1. The van der Waals surface area contributed by atoms with Crippen LogP contribution in [0.3, 0.4) is 0 Å². The number of nitrogens with zero attached hydrogens (tertiary/aromatic N) is 6. The molecule has 0 saturated heterocycles. The summed E-state index contributed by atoms with van der Waals surface area (Å²) in [5.74, 6) is 0.408. The van der Waals surface area contributed by atoms with E-state index < -0.39 is 16.1 Å². The van der Waals surface area contributed by atoms with Gasteiger partial charge in [0, 0.05) is 43.3 Å². The summed E-state index contributed by atoms with van der Waals surface area (Å²) < 4.78 is 41.9. The number of anilines is 2. The van der Waals surface area contributed by atoms with Gasteiger partial charge in [0.2, 0.25) is 11.8 Å². The van der Waals surface area contributed by atoms with Gasteiger partial charge in [0.1, 0.15) is 12.4 Å². The van der Waals surface area contributed by atoms with Gasteiger partial charge in [0.15, 0.2) is 0 Å². The lowest BCUT2D eigenvalue weighted by molar-refractivity contribution is 0.0509. The third-order valence-corrected chi connectivity index (χ3v) is 10.7. The van der Waals surface area contributed by atoms with Crippen LogP contribution in [0.5, 0.6) is 5.88 Å². The Balaban J connectivity index is 1.42. The van der Waals surface area contributed by atoms with E-state index in [0.29, 0.717) is 30.2 Å². The molecule has 1 aliphatic heterocycles. The number of hydrogen-bond acceptors (Lipinski definition) is 10. The van der Waals surface area contributed by atoms with Gasteiger partial charge in [-0.15, -0.1) is 0 Å². The smallest absolute Gasteiger partial charge is 0.264 e. The first-order valence-electron chi connectivity index (χ1n) is 17.2. The minimum atomic E-state index is -4.19. The standard InChI is InChI=1S/C38H47N7O5S/c1-25-10-8-11-26(2)34(25)31-17-33-42-36(41-31)43-51(47,48)30-13-9-12-27(16-30)35(46)45(29(22-50-33)18-37(3,4)5)21-28-19-39-20-32(40-28)44(6)23-38(14-15-38)24-49-7/h8-13,16-17,19-20,29H,14-15,18,21-24H2,1-7H3,(H,41,42,43)/t29-/m1/s1. The summed E-state index contributed by atoms with van der Waals surface area (Å²) in [7, 11) is -0.469. The van der Waals surface area contributed by atoms with Crippen molar-refractivity contribution in [2.45, 2.75) is 71.4 Å². The van der Waals surface area contributed by atoms with E-state index in [2.05, 4.69) is 45.3 Å². The van der Waals surface area contributed by atoms with E-state index in [4.69, 9.17) is 14.5 Å². The predicted molar refractivity (Wildman–Crippen MR) is 196 cm³/mol. The molecule has 0 radical (unpaired) electrons. The number of methoxy groups -OCH3 is 1. The lowest BCUT2D eigenvalue weighted by atomic mass is 9.87. The maximum atomic E-state index is 14.6. The predicted octanol–water partition coefficient (Wildman–Crippen LogP) is 6.05. The highest BCUT2D eigenvalue weighted by Gasteiger charge is 2.43. The van der Waals surface area contributed by atoms with Crippen molar-refractivity contribution in [2.24, 2.45) is 10.8 Å². The van der Waals surface area contributed by atoms with Crippen molar-refractivity contribution in [3.63, 3.8) is 0 Å². The van der Waals surface area contributed by atoms with Crippen molar-refractivity contribution in [3.8, 4) is 17.1 Å². The lowest BCUT2D eigenvalue weighted by Gasteiger charge is -2.35. The van der Waals surface area contributed by atoms with Crippen LogP contribution in [0.2, 0.25) is 0 Å². The van der Waals surface area contributed by atoms with Crippen LogP contribution in [-0.4, -0.2) is 79.1 Å². The van der Waals surface area contributed by atoms with Gasteiger partial charge in [-0.3, -0.25) is 9.78 Å². The Kier molecular flexibility index (Phi) is 10.1. The second-order valence-corrected chi connectivity index (χ2v) is 16.8. The minimum absolute atomic E-state index is 0.0862. The van der Waals surface area contributed by atoms with E-state index in [1.807, 2.05) is 39.1 Å². The summed E-state index contributed by atoms with van der Waals surface area (Å²) in [6.45, 7) is 12.0. The lowest BCUT2D eigenvalue weighted by Crippen LogP contribution is -2.45. The van der Waals surface area contributed by atoms with Crippen LogP contribution in [0.1, 0.15) is 67.2 Å². The van der Waals surface area contributed by atoms with Crippen molar-refractivity contribution in [1.29, 1.82) is 0 Å². The first kappa shape index (κ1) is 36.2. The van der Waals surface area contributed by atoms with Crippen molar-refractivity contribution < 1.29 is 22.7 Å². The first-order chi connectivity index (χ1) is 24.1. The number of nitrogens with one attached hydrogen (secondary N) is 1. The zero-order valence-electron chi connectivity index (χ0n) is 30.4. The number of benzene rings is 2. The van der Waals surface area contributed by atoms with Crippen molar-refractivity contribution in [3.05, 3.63) is 83.3 Å². The molecule has 2 aromatic heterocycles. The minimum Gasteiger partial charge on any atom is -0.475 e. The number of rotatable bonds is 9. The van der Waals surface area contributed by atoms with Gasteiger partial charge in [0.25, 0.3) is 15.9 Å². The number of hydrogen-bond donors (Lipinski definition) is 1. The maximum Gasteiger partial charge on any atom is 0.264 e. The van der Waals surface area contributed by atoms with Gasteiger partial charge in [-0.05, 0) is 67.9 Å². The molecule has 2 aliphatic rings. The Morgan fingerprint density at radius 3 is 2.45 bits per heavy atom. The van der Waals surface area contributed by atoms with Crippen LogP contribution in [0.25, 0.3) is 11.3 Å². The first-order valence-corrected chi connectivity index (χ1v) is 18.7. The van der Waals surface area contributed by atoms with Crippen molar-refractivity contribution >= 4 is 27.7 Å². The van der Waals surface area contributed by atoms with E-state index in [9.17, 15) is 13.2 Å². The van der Waals surface area contributed by atoms with Gasteiger partial charge in [-0.25, -0.2) is 23.1 Å². The Morgan fingerprint density at radius 1 is 1.04 bits per heavy atom. The molecule has 1 amide bonds. The summed E-state index contributed by atoms with van der Waals surface area (Å²) in [6.07, 6.45) is 6.16. The van der Waals surface area contributed by atoms with Crippen LogP contribution in [0.15, 0.2) is 65.8 Å². The summed E-state index contributed by atoms with van der Waals surface area (Å²) in [5, 5.41) is 0. The van der Waals surface area contributed by atoms with Gasteiger partial charge >= 0.3 is 0 Å². The van der Waals surface area contributed by atoms with Crippen LogP contribution in [0, 0.1) is 24.7 Å². The van der Waals surface area contributed by atoms with Crippen molar-refractivity contribution in [2.75, 3.05) is 43.5 Å². The highest BCUT2D eigenvalue weighted by molar-refractivity contribution is 7.92. The molecule has 1 N–H and O–H groups in total. The summed E-state index contributed by atoms with van der Waals surface area (Å²) in [4.78, 5) is 36.9. The highest BCUT2D eigenvalue weighted by atomic mass is 32.2. The maximum absolute atomic E-state index is 14.6. The molecule has 1 saturated carbocycles. The third kappa shape index (κ3) is 8.48. The van der Waals surface area contributed by atoms with Crippen LogP contribution >= 0.6 is 0 Å². The second kappa shape index (κ2) is 14.2.